The van der Waals surface area contributed by atoms with E-state index in [1.165, 1.54) is 22.6 Å². The van der Waals surface area contributed by atoms with Crippen LogP contribution in [0, 0.1) is 5.82 Å². The number of thiazole rings is 1. The molecule has 0 spiro atoms. The van der Waals surface area contributed by atoms with E-state index in [0.29, 0.717) is 0 Å². The first kappa shape index (κ1) is 14.4. The highest BCUT2D eigenvalue weighted by Crippen LogP contribution is 2.27. The Morgan fingerprint density at radius 1 is 1.14 bits per heavy atom. The Labute approximate surface area is 131 Å². The molecule has 0 aliphatic rings. The van der Waals surface area contributed by atoms with E-state index in [0.717, 1.165) is 30.1 Å². The number of hydrogen-bond acceptors (Lipinski definition) is 4. The van der Waals surface area contributed by atoms with Crippen LogP contribution in [0.4, 0.5) is 4.39 Å². The Bertz CT molecular complexity index is 675. The second kappa shape index (κ2) is 6.93. The predicted octanol–water partition coefficient (Wildman–Crippen LogP) is 4.34. The maximum atomic E-state index is 12.8. The van der Waals surface area contributed by atoms with E-state index in [2.05, 4.69) is 27.1 Å². The monoisotopic (exact) mass is 318 g/mol. The lowest BCUT2D eigenvalue weighted by Crippen LogP contribution is -2.16. The van der Waals surface area contributed by atoms with Gasteiger partial charge in [0.25, 0.3) is 0 Å². The third-order valence-electron chi connectivity index (χ3n) is 3.14. The normalized spacial score (nSPS) is 10.9. The quantitative estimate of drug-likeness (QED) is 0.684. The number of hydrogen-bond donors (Lipinski definition) is 1. The van der Waals surface area contributed by atoms with E-state index in [1.54, 1.807) is 22.7 Å². The summed E-state index contributed by atoms with van der Waals surface area (Å²) < 4.78 is 12.8. The lowest BCUT2D eigenvalue weighted by Gasteiger charge is -2.03. The van der Waals surface area contributed by atoms with Gasteiger partial charge in [-0.25, -0.2) is 9.37 Å². The van der Waals surface area contributed by atoms with Crippen LogP contribution in [0.5, 0.6) is 0 Å². The number of nitrogens with one attached hydrogen (secondary N) is 1. The summed E-state index contributed by atoms with van der Waals surface area (Å²) >= 11 is 3.42. The van der Waals surface area contributed by atoms with Gasteiger partial charge in [-0.1, -0.05) is 12.1 Å². The highest BCUT2D eigenvalue weighted by molar-refractivity contribution is 7.15. The molecule has 1 N–H and O–H groups in total. The third-order valence-corrected chi connectivity index (χ3v) is 4.87. The molecular weight excluding hydrogens is 303 g/mol. The maximum absolute atomic E-state index is 12.8. The first-order valence-electron chi connectivity index (χ1n) is 6.74. The first-order chi connectivity index (χ1) is 10.3. The van der Waals surface area contributed by atoms with Crippen LogP contribution in [-0.2, 0) is 13.0 Å². The minimum atomic E-state index is -0.185. The summed E-state index contributed by atoms with van der Waals surface area (Å²) in [5.74, 6) is -0.185. The van der Waals surface area contributed by atoms with Crippen molar-refractivity contribution in [3.05, 3.63) is 63.7 Å². The molecule has 0 atom stereocenters. The van der Waals surface area contributed by atoms with E-state index in [1.807, 2.05) is 18.3 Å². The topological polar surface area (TPSA) is 24.9 Å². The van der Waals surface area contributed by atoms with Crippen LogP contribution in [0.1, 0.15) is 10.6 Å². The van der Waals surface area contributed by atoms with Gasteiger partial charge < -0.3 is 5.32 Å². The summed E-state index contributed by atoms with van der Waals surface area (Å²) in [6, 6.07) is 8.78. The SMILES string of the molecule is Fc1ccc(CCNCc2ncc(-c3ccsc3)s2)cc1. The van der Waals surface area contributed by atoms with Crippen molar-refractivity contribution in [1.29, 1.82) is 0 Å². The van der Waals surface area contributed by atoms with Crippen LogP contribution < -0.4 is 5.32 Å². The van der Waals surface area contributed by atoms with E-state index in [-0.39, 0.29) is 5.82 Å². The average molecular weight is 318 g/mol. The van der Waals surface area contributed by atoms with Gasteiger partial charge in [-0.2, -0.15) is 11.3 Å². The molecule has 0 aliphatic heterocycles. The smallest absolute Gasteiger partial charge is 0.123 e. The molecule has 2 heterocycles. The van der Waals surface area contributed by atoms with Crippen LogP contribution in [-0.4, -0.2) is 11.5 Å². The van der Waals surface area contributed by atoms with Gasteiger partial charge in [0.2, 0.25) is 0 Å². The Hall–Kier alpha value is -1.56. The van der Waals surface area contributed by atoms with Crippen molar-refractivity contribution in [2.24, 2.45) is 0 Å². The second-order valence-electron chi connectivity index (χ2n) is 4.68. The van der Waals surface area contributed by atoms with Gasteiger partial charge in [0.05, 0.1) is 4.88 Å². The average Bonchev–Trinajstić information content (AvgIpc) is 3.16. The van der Waals surface area contributed by atoms with Gasteiger partial charge in [-0.05, 0) is 47.5 Å². The molecule has 0 unspecified atom stereocenters. The van der Waals surface area contributed by atoms with Crippen molar-refractivity contribution in [3.8, 4) is 10.4 Å². The molecule has 21 heavy (non-hydrogen) atoms. The van der Waals surface area contributed by atoms with Gasteiger partial charge >= 0.3 is 0 Å². The summed E-state index contributed by atoms with van der Waals surface area (Å²) in [7, 11) is 0. The number of benzene rings is 1. The predicted molar refractivity (Wildman–Crippen MR) is 87.2 cm³/mol. The summed E-state index contributed by atoms with van der Waals surface area (Å²) in [5, 5.41) is 8.69. The van der Waals surface area contributed by atoms with Crippen molar-refractivity contribution >= 4 is 22.7 Å². The molecule has 0 aliphatic carbocycles. The number of rotatable bonds is 6. The largest absolute Gasteiger partial charge is 0.310 e. The number of thiophene rings is 1. The molecule has 2 aromatic heterocycles. The van der Waals surface area contributed by atoms with E-state index in [9.17, 15) is 4.39 Å². The second-order valence-corrected chi connectivity index (χ2v) is 6.58. The highest BCUT2D eigenvalue weighted by atomic mass is 32.1. The van der Waals surface area contributed by atoms with E-state index < -0.39 is 0 Å². The van der Waals surface area contributed by atoms with Crippen LogP contribution in [0.25, 0.3) is 10.4 Å². The van der Waals surface area contributed by atoms with Crippen LogP contribution in [0.2, 0.25) is 0 Å². The van der Waals surface area contributed by atoms with Gasteiger partial charge in [0.15, 0.2) is 0 Å². The third kappa shape index (κ3) is 3.97. The zero-order chi connectivity index (χ0) is 14.5. The molecule has 3 aromatic rings. The lowest BCUT2D eigenvalue weighted by atomic mass is 10.1. The van der Waals surface area contributed by atoms with Gasteiger partial charge in [0.1, 0.15) is 10.8 Å². The summed E-state index contributed by atoms with van der Waals surface area (Å²) in [5.41, 5.74) is 2.39. The Kier molecular flexibility index (Phi) is 4.75. The highest BCUT2D eigenvalue weighted by Gasteiger charge is 2.04. The van der Waals surface area contributed by atoms with Crippen LogP contribution in [0.15, 0.2) is 47.3 Å². The minimum Gasteiger partial charge on any atom is -0.310 e. The molecule has 1 aromatic carbocycles. The molecule has 2 nitrogen and oxygen atoms in total. The van der Waals surface area contributed by atoms with Gasteiger partial charge in [-0.15, -0.1) is 11.3 Å². The summed E-state index contributed by atoms with van der Waals surface area (Å²) in [4.78, 5) is 5.65. The fourth-order valence-electron chi connectivity index (χ4n) is 2.01. The number of nitrogens with zero attached hydrogens (tertiary/aromatic N) is 1. The van der Waals surface area contributed by atoms with Crippen molar-refractivity contribution in [2.75, 3.05) is 6.54 Å². The van der Waals surface area contributed by atoms with Gasteiger partial charge in [-0.3, -0.25) is 0 Å². The summed E-state index contributed by atoms with van der Waals surface area (Å²) in [6.45, 7) is 1.63. The number of halogens is 1. The first-order valence-corrected chi connectivity index (χ1v) is 8.49. The Morgan fingerprint density at radius 3 is 2.76 bits per heavy atom. The van der Waals surface area contributed by atoms with Gasteiger partial charge in [0, 0.05) is 18.3 Å². The zero-order valence-corrected chi connectivity index (χ0v) is 13.0. The Balaban J connectivity index is 1.46. The fraction of sp³-hybridized carbons (Fsp3) is 0.188. The minimum absolute atomic E-state index is 0.185. The lowest BCUT2D eigenvalue weighted by molar-refractivity contribution is 0.626. The van der Waals surface area contributed by atoms with E-state index in [4.69, 9.17) is 0 Å². The van der Waals surface area contributed by atoms with Crippen LogP contribution in [0.3, 0.4) is 0 Å². The van der Waals surface area contributed by atoms with Crippen molar-refractivity contribution in [3.63, 3.8) is 0 Å². The molecular formula is C16H15FN2S2. The molecule has 0 radical (unpaired) electrons. The molecule has 0 fully saturated rings. The van der Waals surface area contributed by atoms with Crippen molar-refractivity contribution in [1.82, 2.24) is 10.3 Å². The Morgan fingerprint density at radius 2 is 2.00 bits per heavy atom. The fourth-order valence-corrected chi connectivity index (χ4v) is 3.62. The molecule has 3 rings (SSSR count). The maximum Gasteiger partial charge on any atom is 0.123 e. The molecule has 5 heteroatoms. The molecule has 0 amide bonds. The zero-order valence-electron chi connectivity index (χ0n) is 11.4. The molecule has 0 saturated carbocycles. The molecule has 0 saturated heterocycles. The van der Waals surface area contributed by atoms with Crippen molar-refractivity contribution < 1.29 is 4.39 Å². The molecule has 0 bridgehead atoms. The molecule has 108 valence electrons. The number of aromatic nitrogens is 1. The van der Waals surface area contributed by atoms with Crippen LogP contribution >= 0.6 is 22.7 Å². The van der Waals surface area contributed by atoms with Crippen molar-refractivity contribution in [2.45, 2.75) is 13.0 Å². The van der Waals surface area contributed by atoms with E-state index >= 15 is 0 Å². The summed E-state index contributed by atoms with van der Waals surface area (Å²) in [6.07, 6.45) is 2.83. The standard InChI is InChI=1S/C16H15FN2S2/c17-14-3-1-12(2-4-14)5-7-18-10-16-19-9-15(21-16)13-6-8-20-11-13/h1-4,6,8-9,11,18H,5,7,10H2.